The van der Waals surface area contributed by atoms with Crippen molar-refractivity contribution in [3.63, 3.8) is 0 Å². The van der Waals surface area contributed by atoms with E-state index in [9.17, 15) is 17.6 Å². The Morgan fingerprint density at radius 3 is 2.26 bits per heavy atom. The number of carbonyl (C=O) groups is 1. The van der Waals surface area contributed by atoms with Crippen molar-refractivity contribution >= 4 is 21.6 Å². The molecule has 0 saturated carbocycles. The summed E-state index contributed by atoms with van der Waals surface area (Å²) in [5, 5.41) is 2.69. The van der Waals surface area contributed by atoms with Gasteiger partial charge in [0.2, 0.25) is 15.9 Å². The Kier molecular flexibility index (Phi) is 5.46. The van der Waals surface area contributed by atoms with Crippen molar-refractivity contribution in [3.05, 3.63) is 66.0 Å². The van der Waals surface area contributed by atoms with Crippen LogP contribution in [0.4, 0.5) is 10.1 Å². The SMILES string of the molecule is CS(=O)(=O)N[C@H](CC(=O)Nc1ccccc1)c1ccc(F)cc1. The number of nitrogens with one attached hydrogen (secondary N) is 2. The molecule has 2 rings (SSSR count). The molecule has 0 aromatic heterocycles. The lowest BCUT2D eigenvalue weighted by atomic mass is 10.0. The fraction of sp³-hybridized carbons (Fsp3) is 0.188. The molecule has 0 bridgehead atoms. The van der Waals surface area contributed by atoms with Gasteiger partial charge in [-0.1, -0.05) is 30.3 Å². The molecule has 0 radical (unpaired) electrons. The van der Waals surface area contributed by atoms with Crippen LogP contribution in [0.2, 0.25) is 0 Å². The van der Waals surface area contributed by atoms with Crippen LogP contribution in [-0.4, -0.2) is 20.6 Å². The normalized spacial score (nSPS) is 12.6. The molecule has 0 aliphatic heterocycles. The van der Waals surface area contributed by atoms with Crippen LogP contribution in [0.1, 0.15) is 18.0 Å². The predicted octanol–water partition coefficient (Wildman–Crippen LogP) is 2.44. The molecule has 0 fully saturated rings. The third kappa shape index (κ3) is 5.80. The monoisotopic (exact) mass is 336 g/mol. The van der Waals surface area contributed by atoms with Gasteiger partial charge < -0.3 is 5.32 Å². The van der Waals surface area contributed by atoms with E-state index in [1.165, 1.54) is 24.3 Å². The summed E-state index contributed by atoms with van der Waals surface area (Å²) in [7, 11) is -3.52. The van der Waals surface area contributed by atoms with E-state index in [0.29, 0.717) is 11.3 Å². The van der Waals surface area contributed by atoms with E-state index >= 15 is 0 Å². The standard InChI is InChI=1S/C16H17FN2O3S/c1-23(21,22)19-15(12-7-9-13(17)10-8-12)11-16(20)18-14-5-3-2-4-6-14/h2-10,15,19H,11H2,1H3,(H,18,20)/t15-/m1/s1. The minimum atomic E-state index is -3.52. The highest BCUT2D eigenvalue weighted by Gasteiger charge is 2.20. The maximum absolute atomic E-state index is 13.0. The van der Waals surface area contributed by atoms with Gasteiger partial charge in [0.1, 0.15) is 5.82 Å². The van der Waals surface area contributed by atoms with Crippen molar-refractivity contribution in [2.75, 3.05) is 11.6 Å². The molecule has 5 nitrogen and oxygen atoms in total. The molecule has 122 valence electrons. The van der Waals surface area contributed by atoms with Crippen molar-refractivity contribution in [1.29, 1.82) is 0 Å². The number of halogens is 1. The fourth-order valence-corrected chi connectivity index (χ4v) is 2.84. The molecule has 1 amide bonds. The van der Waals surface area contributed by atoms with E-state index in [0.717, 1.165) is 6.26 Å². The summed E-state index contributed by atoms with van der Waals surface area (Å²) in [5.41, 5.74) is 1.13. The number of anilines is 1. The van der Waals surface area contributed by atoms with E-state index in [1.54, 1.807) is 24.3 Å². The first kappa shape index (κ1) is 17.1. The molecule has 0 unspecified atom stereocenters. The van der Waals surface area contributed by atoms with Gasteiger partial charge in [-0.05, 0) is 29.8 Å². The number of para-hydroxylation sites is 1. The minimum Gasteiger partial charge on any atom is -0.326 e. The Morgan fingerprint density at radius 1 is 1.09 bits per heavy atom. The molecular formula is C16H17FN2O3S. The predicted molar refractivity (Wildman–Crippen MR) is 86.8 cm³/mol. The number of rotatable bonds is 6. The van der Waals surface area contributed by atoms with Crippen LogP contribution in [0.3, 0.4) is 0 Å². The van der Waals surface area contributed by atoms with Crippen LogP contribution < -0.4 is 10.0 Å². The van der Waals surface area contributed by atoms with E-state index in [1.807, 2.05) is 6.07 Å². The molecule has 2 aromatic carbocycles. The zero-order chi connectivity index (χ0) is 16.9. The fourth-order valence-electron chi connectivity index (χ4n) is 2.10. The summed E-state index contributed by atoms with van der Waals surface area (Å²) in [6, 6.07) is 13.4. The van der Waals surface area contributed by atoms with Gasteiger partial charge in [0.05, 0.1) is 12.3 Å². The van der Waals surface area contributed by atoms with Crippen LogP contribution in [0.5, 0.6) is 0 Å². The second-order valence-electron chi connectivity index (χ2n) is 5.11. The lowest BCUT2D eigenvalue weighted by Gasteiger charge is -2.17. The van der Waals surface area contributed by atoms with Gasteiger partial charge >= 0.3 is 0 Å². The average Bonchev–Trinajstić information content (AvgIpc) is 2.47. The van der Waals surface area contributed by atoms with Crippen molar-refractivity contribution in [2.45, 2.75) is 12.5 Å². The molecule has 23 heavy (non-hydrogen) atoms. The van der Waals surface area contributed by atoms with E-state index < -0.39 is 21.9 Å². The molecule has 7 heteroatoms. The first-order valence-electron chi connectivity index (χ1n) is 6.91. The van der Waals surface area contributed by atoms with E-state index in [4.69, 9.17) is 0 Å². The molecule has 0 aliphatic rings. The van der Waals surface area contributed by atoms with Crippen molar-refractivity contribution in [3.8, 4) is 0 Å². The summed E-state index contributed by atoms with van der Waals surface area (Å²) in [6.07, 6.45) is 0.909. The van der Waals surface area contributed by atoms with Gasteiger partial charge in [-0.2, -0.15) is 0 Å². The second-order valence-corrected chi connectivity index (χ2v) is 6.89. The quantitative estimate of drug-likeness (QED) is 0.851. The minimum absolute atomic E-state index is 0.104. The first-order chi connectivity index (χ1) is 10.8. The molecule has 0 saturated heterocycles. The number of hydrogen-bond donors (Lipinski definition) is 2. The highest BCUT2D eigenvalue weighted by molar-refractivity contribution is 7.88. The van der Waals surface area contributed by atoms with Crippen molar-refractivity contribution < 1.29 is 17.6 Å². The van der Waals surface area contributed by atoms with Crippen LogP contribution in [0, 0.1) is 5.82 Å². The van der Waals surface area contributed by atoms with Gasteiger partial charge in [-0.3, -0.25) is 4.79 Å². The lowest BCUT2D eigenvalue weighted by molar-refractivity contribution is -0.116. The molecule has 2 N–H and O–H groups in total. The summed E-state index contributed by atoms with van der Waals surface area (Å²) < 4.78 is 38.4. The van der Waals surface area contributed by atoms with Crippen LogP contribution in [0.25, 0.3) is 0 Å². The molecule has 0 aliphatic carbocycles. The Labute approximate surface area is 134 Å². The maximum atomic E-state index is 13.0. The third-order valence-electron chi connectivity index (χ3n) is 3.08. The van der Waals surface area contributed by atoms with Gasteiger partial charge in [0, 0.05) is 12.1 Å². The third-order valence-corrected chi connectivity index (χ3v) is 3.79. The smallest absolute Gasteiger partial charge is 0.226 e. The Morgan fingerprint density at radius 2 is 1.70 bits per heavy atom. The largest absolute Gasteiger partial charge is 0.326 e. The zero-order valence-electron chi connectivity index (χ0n) is 12.5. The van der Waals surface area contributed by atoms with Crippen molar-refractivity contribution in [1.82, 2.24) is 4.72 Å². The van der Waals surface area contributed by atoms with Crippen LogP contribution >= 0.6 is 0 Å². The highest BCUT2D eigenvalue weighted by Crippen LogP contribution is 2.19. The number of carbonyl (C=O) groups excluding carboxylic acids is 1. The average molecular weight is 336 g/mol. The molecule has 1 atom stereocenters. The highest BCUT2D eigenvalue weighted by atomic mass is 32.2. The number of hydrogen-bond acceptors (Lipinski definition) is 3. The second kappa shape index (κ2) is 7.34. The summed E-state index contributed by atoms with van der Waals surface area (Å²) in [6.45, 7) is 0. The van der Waals surface area contributed by atoms with Gasteiger partial charge in [0.25, 0.3) is 0 Å². The Bertz CT molecular complexity index is 762. The van der Waals surface area contributed by atoms with E-state index in [-0.39, 0.29) is 12.3 Å². The molecular weight excluding hydrogens is 319 g/mol. The van der Waals surface area contributed by atoms with Gasteiger partial charge in [-0.15, -0.1) is 0 Å². The number of amides is 1. The zero-order valence-corrected chi connectivity index (χ0v) is 13.3. The van der Waals surface area contributed by atoms with Gasteiger partial charge in [-0.25, -0.2) is 17.5 Å². The summed E-state index contributed by atoms with van der Waals surface area (Å²) in [5.74, 6) is -0.776. The summed E-state index contributed by atoms with van der Waals surface area (Å²) >= 11 is 0. The lowest BCUT2D eigenvalue weighted by Crippen LogP contribution is -2.30. The first-order valence-corrected chi connectivity index (χ1v) is 8.80. The molecule has 2 aromatic rings. The maximum Gasteiger partial charge on any atom is 0.226 e. The topological polar surface area (TPSA) is 75.3 Å². The van der Waals surface area contributed by atoms with E-state index in [2.05, 4.69) is 10.0 Å². The van der Waals surface area contributed by atoms with Crippen molar-refractivity contribution in [2.24, 2.45) is 0 Å². The summed E-state index contributed by atoms with van der Waals surface area (Å²) in [4.78, 5) is 12.1. The number of sulfonamides is 1. The Hall–Kier alpha value is -2.25. The molecule has 0 heterocycles. The van der Waals surface area contributed by atoms with Crippen LogP contribution in [0.15, 0.2) is 54.6 Å². The van der Waals surface area contributed by atoms with Crippen LogP contribution in [-0.2, 0) is 14.8 Å². The van der Waals surface area contributed by atoms with Gasteiger partial charge in [0.15, 0.2) is 0 Å². The Balaban J connectivity index is 2.14. The number of benzene rings is 2. The molecule has 0 spiro atoms.